The summed E-state index contributed by atoms with van der Waals surface area (Å²) in [5.74, 6) is 3.59. The summed E-state index contributed by atoms with van der Waals surface area (Å²) >= 11 is -2.61. The van der Waals surface area contributed by atoms with Crippen LogP contribution in [-0.2, 0) is 32.1 Å². The van der Waals surface area contributed by atoms with Crippen LogP contribution in [-0.4, -0.2) is 3.21 Å². The predicted octanol–water partition coefficient (Wildman–Crippen LogP) is 6.67. The molecule has 3 aromatic carbocycles. The van der Waals surface area contributed by atoms with Gasteiger partial charge in [0.2, 0.25) is 0 Å². The molecular weight excluding hydrogens is 727 g/mol. The normalized spacial score (nSPS) is 27.0. The Morgan fingerprint density at radius 1 is 0.720 bits per heavy atom. The third-order valence-corrected chi connectivity index (χ3v) is 22.6. The second-order valence-electron chi connectivity index (χ2n) is 19.1. The number of fused-ring (bicyclic) bond motifs is 3. The summed E-state index contributed by atoms with van der Waals surface area (Å²) in [5, 5.41) is 0. The maximum Gasteiger partial charge on any atom is -1.00 e. The third-order valence-electron chi connectivity index (χ3n) is 13.5. The molecule has 0 saturated heterocycles. The Labute approximate surface area is 324 Å². The number of rotatable bonds is 5. The first-order valence-corrected chi connectivity index (χ1v) is 23.1. The second-order valence-corrected chi connectivity index (χ2v) is 25.7. The first kappa shape index (κ1) is 38.2. The van der Waals surface area contributed by atoms with Crippen molar-refractivity contribution in [3.05, 3.63) is 115 Å². The van der Waals surface area contributed by atoms with Crippen LogP contribution < -0.4 is 24.8 Å². The minimum Gasteiger partial charge on any atom is -1.00 e. The van der Waals surface area contributed by atoms with Gasteiger partial charge in [-0.15, -0.1) is 0 Å². The fourth-order valence-corrected chi connectivity index (χ4v) is 21.0. The van der Waals surface area contributed by atoms with E-state index in [0.717, 1.165) is 17.8 Å². The smallest absolute Gasteiger partial charge is 1.00 e. The van der Waals surface area contributed by atoms with Crippen LogP contribution >= 0.6 is 0 Å². The maximum atomic E-state index is 2.77. The first-order chi connectivity index (χ1) is 22.7. The largest absolute Gasteiger partial charge is 1.00 e. The van der Waals surface area contributed by atoms with Crippen molar-refractivity contribution in [3.63, 3.8) is 0 Å². The van der Waals surface area contributed by atoms with E-state index in [1.54, 1.807) is 25.5 Å². The average Bonchev–Trinajstić information content (AvgIpc) is 3.48. The van der Waals surface area contributed by atoms with Crippen molar-refractivity contribution < 1.29 is 46.1 Å². The van der Waals surface area contributed by atoms with Crippen molar-refractivity contribution in [2.24, 2.45) is 29.1 Å². The molecule has 0 aromatic heterocycles. The molecule has 3 heteroatoms. The first-order valence-electron chi connectivity index (χ1n) is 19.2. The summed E-state index contributed by atoms with van der Waals surface area (Å²) in [6.45, 7) is 21.9. The van der Waals surface area contributed by atoms with Gasteiger partial charge in [0, 0.05) is 0 Å². The SMILES string of the molecule is CC1=[C](/[Zr+2](=[C](\C)c2ccccc2)[CH]2c3ccc(C(C)(C)C)cc3-c3cc(C(C)(C)C)ccc32)C(C)C=C1CC12CC3CC(CC(C3)C1)C2.[Cl-].[Cl-]. The van der Waals surface area contributed by atoms with Crippen LogP contribution in [0.25, 0.3) is 11.1 Å². The maximum absolute atomic E-state index is 2.77. The molecule has 4 saturated carbocycles. The fraction of sp³-hybridized carbons (Fsp3) is 0.511. The average molecular weight is 785 g/mol. The van der Waals surface area contributed by atoms with Crippen LogP contribution in [0.1, 0.15) is 139 Å². The molecule has 6 aliphatic carbocycles. The standard InChI is InChI=1S/C21H25.C18H25.C8H8.2ClH.Zr/c1-20(2,3)16-9-7-14-11-15-8-10-17(21(4,5)6)13-19(15)18(14)12-16;1-12-3-13(2)17(4-12)11-18-8-14-5-15(9-18)7-16(6-14)10-18;1-2-8-6-4-3-5-7-8;;;/h7-13H,1-6H3;4,12,14-16H,5-11H2,1-2H3;3-7H,1H3;2*1H;/q;;;;;+2/p-2. The van der Waals surface area contributed by atoms with Gasteiger partial charge >= 0.3 is 301 Å². The summed E-state index contributed by atoms with van der Waals surface area (Å²) in [7, 11) is 0. The van der Waals surface area contributed by atoms with E-state index in [0.29, 0.717) is 15.0 Å². The van der Waals surface area contributed by atoms with Crippen molar-refractivity contribution in [2.45, 2.75) is 122 Å². The van der Waals surface area contributed by atoms with Crippen LogP contribution in [0.4, 0.5) is 0 Å². The van der Waals surface area contributed by atoms with Crippen molar-refractivity contribution in [3.8, 4) is 11.1 Å². The Hall–Kier alpha value is -1.53. The molecule has 4 bridgehead atoms. The topological polar surface area (TPSA) is 0 Å². The molecule has 4 fully saturated rings. The molecule has 0 aliphatic heterocycles. The monoisotopic (exact) mass is 782 g/mol. The Bertz CT molecular complexity index is 1780. The Morgan fingerprint density at radius 3 is 1.66 bits per heavy atom. The van der Waals surface area contributed by atoms with Crippen LogP contribution in [0.2, 0.25) is 0 Å². The molecule has 50 heavy (non-hydrogen) atoms. The van der Waals surface area contributed by atoms with Crippen LogP contribution in [0.5, 0.6) is 0 Å². The fourth-order valence-electron chi connectivity index (χ4n) is 11.5. The van der Waals surface area contributed by atoms with Crippen LogP contribution in [0.15, 0.2) is 87.2 Å². The summed E-state index contributed by atoms with van der Waals surface area (Å²) in [6, 6.07) is 26.7. The zero-order chi connectivity index (χ0) is 33.7. The van der Waals surface area contributed by atoms with Crippen molar-refractivity contribution >= 4 is 3.21 Å². The predicted molar refractivity (Wildman–Crippen MR) is 203 cm³/mol. The van der Waals surface area contributed by atoms with Crippen LogP contribution in [0, 0.1) is 29.1 Å². The van der Waals surface area contributed by atoms with Crippen molar-refractivity contribution in [2.75, 3.05) is 0 Å². The number of hydrogen-bond donors (Lipinski definition) is 0. The zero-order valence-electron chi connectivity index (χ0n) is 32.0. The Morgan fingerprint density at radius 2 is 1.20 bits per heavy atom. The molecule has 0 N–H and O–H groups in total. The number of halogens is 2. The van der Waals surface area contributed by atoms with Crippen molar-refractivity contribution in [1.29, 1.82) is 0 Å². The molecule has 0 spiro atoms. The van der Waals surface area contributed by atoms with E-state index in [-0.39, 0.29) is 35.6 Å². The van der Waals surface area contributed by atoms with Crippen molar-refractivity contribution in [1.82, 2.24) is 0 Å². The minimum absolute atomic E-state index is 0. The van der Waals surface area contributed by atoms with Gasteiger partial charge in [0.05, 0.1) is 0 Å². The number of hydrogen-bond acceptors (Lipinski definition) is 0. The van der Waals surface area contributed by atoms with Gasteiger partial charge in [-0.1, -0.05) is 0 Å². The summed E-state index contributed by atoms with van der Waals surface area (Å²) < 4.78 is 4.09. The number of benzene rings is 3. The van der Waals surface area contributed by atoms with Gasteiger partial charge < -0.3 is 24.8 Å². The molecule has 0 heterocycles. The summed E-state index contributed by atoms with van der Waals surface area (Å²) in [6.07, 6.45) is 13.2. The Kier molecular flexibility index (Phi) is 10.5. The van der Waals surface area contributed by atoms with Gasteiger partial charge in [0.25, 0.3) is 0 Å². The van der Waals surface area contributed by atoms with Gasteiger partial charge in [0.15, 0.2) is 0 Å². The molecule has 3 aromatic rings. The van der Waals surface area contributed by atoms with Gasteiger partial charge in [-0.25, -0.2) is 0 Å². The summed E-state index contributed by atoms with van der Waals surface area (Å²) in [5.41, 5.74) is 14.9. The van der Waals surface area contributed by atoms with E-state index in [1.165, 1.54) is 72.8 Å². The van der Waals surface area contributed by atoms with Gasteiger partial charge in [0.1, 0.15) is 0 Å². The van der Waals surface area contributed by atoms with Gasteiger partial charge in [-0.2, -0.15) is 0 Å². The summed E-state index contributed by atoms with van der Waals surface area (Å²) in [4.78, 5) is 0. The van der Waals surface area contributed by atoms with E-state index in [9.17, 15) is 0 Å². The molecule has 9 rings (SSSR count). The van der Waals surface area contributed by atoms with Gasteiger partial charge in [-0.3, -0.25) is 0 Å². The zero-order valence-corrected chi connectivity index (χ0v) is 36.0. The molecule has 0 amide bonds. The quantitative estimate of drug-likeness (QED) is 0.271. The van der Waals surface area contributed by atoms with E-state index in [1.807, 2.05) is 3.28 Å². The molecule has 0 nitrogen and oxygen atoms in total. The van der Waals surface area contributed by atoms with E-state index in [4.69, 9.17) is 0 Å². The van der Waals surface area contributed by atoms with Crippen LogP contribution in [0.3, 0.4) is 0 Å². The molecular formula is C47H58Cl2Zr. The number of allylic oxidation sites excluding steroid dienone is 4. The Balaban J connectivity index is 0.00000216. The molecule has 6 aliphatic rings. The molecule has 1 atom stereocenters. The van der Waals surface area contributed by atoms with E-state index in [2.05, 4.69) is 135 Å². The third kappa shape index (κ3) is 6.62. The second kappa shape index (κ2) is 13.7. The molecule has 1 unspecified atom stereocenters. The van der Waals surface area contributed by atoms with Gasteiger partial charge in [-0.05, 0) is 0 Å². The van der Waals surface area contributed by atoms with E-state index >= 15 is 0 Å². The minimum atomic E-state index is -2.61. The van der Waals surface area contributed by atoms with E-state index < -0.39 is 21.3 Å². The molecule has 0 radical (unpaired) electrons. The molecule has 264 valence electrons.